The van der Waals surface area contributed by atoms with Crippen LogP contribution in [0, 0.1) is 5.82 Å². The monoisotopic (exact) mass is 374 g/mol. The summed E-state index contributed by atoms with van der Waals surface area (Å²) in [5.41, 5.74) is 0.637. The lowest BCUT2D eigenvalue weighted by Gasteiger charge is -2.22. The Labute approximate surface area is 152 Å². The van der Waals surface area contributed by atoms with Crippen molar-refractivity contribution >= 4 is 32.6 Å². The lowest BCUT2D eigenvalue weighted by Crippen LogP contribution is -2.36. The Balaban J connectivity index is 1.65. The zero-order valence-corrected chi connectivity index (χ0v) is 14.5. The van der Waals surface area contributed by atoms with Gasteiger partial charge in [-0.25, -0.2) is 9.37 Å². The van der Waals surface area contributed by atoms with Crippen LogP contribution in [-0.2, 0) is 20.8 Å². The highest BCUT2D eigenvalue weighted by Crippen LogP contribution is 2.30. The van der Waals surface area contributed by atoms with E-state index in [0.29, 0.717) is 41.7 Å². The number of rotatable bonds is 5. The number of anilines is 1. The summed E-state index contributed by atoms with van der Waals surface area (Å²) in [5, 5.41) is 4.62. The third-order valence-electron chi connectivity index (χ3n) is 3.79. The molecule has 9 heteroatoms. The van der Waals surface area contributed by atoms with Crippen LogP contribution in [0.15, 0.2) is 48.7 Å². The van der Waals surface area contributed by atoms with Crippen LogP contribution in [0.1, 0.15) is 0 Å². The molecule has 1 aliphatic heterocycles. The summed E-state index contributed by atoms with van der Waals surface area (Å²) in [5.74, 6) is -0.563. The number of hydrogen-bond acceptors (Lipinski definition) is 6. The standard InChI is InChI=1S/C17H15FN4O3S/c18-12-2-3-13-15(10-12)26-17(20-13)22(7-6-21-5-1-4-19-21)16(23)14-11-24-8-9-25-14/h1-5,10-11H,6-9H2. The number of nitrogens with zero attached hydrogens (tertiary/aromatic N) is 4. The minimum Gasteiger partial charge on any atom is -0.494 e. The first kappa shape index (κ1) is 16.5. The molecule has 0 spiro atoms. The highest BCUT2D eigenvalue weighted by molar-refractivity contribution is 7.22. The topological polar surface area (TPSA) is 69.5 Å². The van der Waals surface area contributed by atoms with Crippen LogP contribution >= 0.6 is 11.3 Å². The van der Waals surface area contributed by atoms with Gasteiger partial charge in [-0.3, -0.25) is 14.4 Å². The first-order valence-corrected chi connectivity index (χ1v) is 8.82. The van der Waals surface area contributed by atoms with Crippen LogP contribution in [0.4, 0.5) is 9.52 Å². The van der Waals surface area contributed by atoms with Crippen molar-refractivity contribution in [3.8, 4) is 0 Å². The predicted octanol–water partition coefficient (Wildman–Crippen LogP) is 2.55. The van der Waals surface area contributed by atoms with Gasteiger partial charge in [0.1, 0.15) is 25.3 Å². The molecule has 2 aromatic heterocycles. The molecule has 1 amide bonds. The number of carbonyl (C=O) groups is 1. The van der Waals surface area contributed by atoms with Crippen LogP contribution in [-0.4, -0.2) is 40.4 Å². The van der Waals surface area contributed by atoms with Gasteiger partial charge in [-0.05, 0) is 24.3 Å². The molecule has 0 bridgehead atoms. The van der Waals surface area contributed by atoms with Gasteiger partial charge >= 0.3 is 0 Å². The molecule has 1 aromatic carbocycles. The average molecular weight is 374 g/mol. The fraction of sp³-hybridized carbons (Fsp3) is 0.235. The zero-order valence-electron chi connectivity index (χ0n) is 13.7. The Morgan fingerprint density at radius 3 is 3.08 bits per heavy atom. The molecule has 0 unspecified atom stereocenters. The summed E-state index contributed by atoms with van der Waals surface area (Å²) in [6, 6.07) is 6.17. The molecule has 26 heavy (non-hydrogen) atoms. The molecule has 0 aliphatic carbocycles. The maximum absolute atomic E-state index is 13.5. The Bertz CT molecular complexity index is 954. The van der Waals surface area contributed by atoms with Crippen molar-refractivity contribution in [3.63, 3.8) is 0 Å². The van der Waals surface area contributed by atoms with E-state index in [4.69, 9.17) is 9.47 Å². The molecule has 134 valence electrons. The highest BCUT2D eigenvalue weighted by Gasteiger charge is 2.26. The van der Waals surface area contributed by atoms with E-state index in [1.165, 1.54) is 34.6 Å². The van der Waals surface area contributed by atoms with E-state index in [-0.39, 0.29) is 17.5 Å². The molecule has 0 saturated heterocycles. The maximum atomic E-state index is 13.5. The summed E-state index contributed by atoms with van der Waals surface area (Å²) >= 11 is 1.25. The number of aromatic nitrogens is 3. The van der Waals surface area contributed by atoms with E-state index in [2.05, 4.69) is 10.1 Å². The molecular formula is C17H15FN4O3S. The minimum absolute atomic E-state index is 0.127. The van der Waals surface area contributed by atoms with E-state index in [0.717, 1.165) is 0 Å². The molecule has 4 rings (SSSR count). The molecule has 0 saturated carbocycles. The van der Waals surface area contributed by atoms with Crippen molar-refractivity contribution in [2.75, 3.05) is 24.7 Å². The van der Waals surface area contributed by atoms with Gasteiger partial charge < -0.3 is 9.47 Å². The van der Waals surface area contributed by atoms with Crippen molar-refractivity contribution < 1.29 is 18.7 Å². The van der Waals surface area contributed by atoms with E-state index in [1.807, 2.05) is 12.3 Å². The van der Waals surface area contributed by atoms with Crippen LogP contribution in [0.25, 0.3) is 10.2 Å². The van der Waals surface area contributed by atoms with E-state index < -0.39 is 0 Å². The minimum atomic E-state index is -0.351. The Hall–Kier alpha value is -2.94. The first-order chi connectivity index (χ1) is 12.7. The normalized spacial score (nSPS) is 13.8. The van der Waals surface area contributed by atoms with Crippen molar-refractivity contribution in [1.82, 2.24) is 14.8 Å². The summed E-state index contributed by atoms with van der Waals surface area (Å²) < 4.78 is 26.5. The first-order valence-electron chi connectivity index (χ1n) is 8.01. The Morgan fingerprint density at radius 2 is 2.31 bits per heavy atom. The quantitative estimate of drug-likeness (QED) is 0.687. The van der Waals surface area contributed by atoms with Crippen LogP contribution in [0.5, 0.6) is 0 Å². The van der Waals surface area contributed by atoms with Crippen molar-refractivity contribution in [3.05, 3.63) is 54.5 Å². The molecule has 3 aromatic rings. The van der Waals surface area contributed by atoms with Crippen LogP contribution < -0.4 is 4.90 Å². The summed E-state index contributed by atoms with van der Waals surface area (Å²) in [6.45, 7) is 1.54. The van der Waals surface area contributed by atoms with Gasteiger partial charge in [0.15, 0.2) is 5.13 Å². The Kier molecular flexibility index (Phi) is 4.53. The number of thiazole rings is 1. The largest absolute Gasteiger partial charge is 0.494 e. The second kappa shape index (κ2) is 7.12. The number of carbonyl (C=O) groups excluding carboxylic acids is 1. The van der Waals surface area contributed by atoms with Crippen LogP contribution in [0.3, 0.4) is 0 Å². The fourth-order valence-electron chi connectivity index (χ4n) is 2.53. The average Bonchev–Trinajstić information content (AvgIpc) is 3.31. The number of hydrogen-bond donors (Lipinski definition) is 0. The SMILES string of the molecule is O=C(C1=COCCO1)N(CCn1cccn1)c1nc2ccc(F)cc2s1. The number of halogens is 1. The lowest BCUT2D eigenvalue weighted by molar-refractivity contribution is -0.119. The molecular weight excluding hydrogens is 359 g/mol. The van der Waals surface area contributed by atoms with Gasteiger partial charge in [-0.2, -0.15) is 5.10 Å². The number of amides is 1. The fourth-order valence-corrected chi connectivity index (χ4v) is 3.55. The van der Waals surface area contributed by atoms with E-state index >= 15 is 0 Å². The lowest BCUT2D eigenvalue weighted by atomic mass is 10.3. The zero-order chi connectivity index (χ0) is 17.9. The van der Waals surface area contributed by atoms with Gasteiger partial charge in [0.25, 0.3) is 5.91 Å². The second-order valence-electron chi connectivity index (χ2n) is 5.54. The summed E-state index contributed by atoms with van der Waals surface area (Å²) in [4.78, 5) is 18.9. The Morgan fingerprint density at radius 1 is 1.38 bits per heavy atom. The molecule has 0 radical (unpaired) electrons. The van der Waals surface area contributed by atoms with Crippen molar-refractivity contribution in [2.45, 2.75) is 6.54 Å². The van der Waals surface area contributed by atoms with Gasteiger partial charge in [0.05, 0.1) is 16.8 Å². The maximum Gasteiger partial charge on any atom is 0.298 e. The van der Waals surface area contributed by atoms with Gasteiger partial charge in [0, 0.05) is 18.9 Å². The summed E-state index contributed by atoms with van der Waals surface area (Å²) in [6.07, 6.45) is 4.81. The number of ether oxygens (including phenoxy) is 2. The second-order valence-corrected chi connectivity index (χ2v) is 6.54. The summed E-state index contributed by atoms with van der Waals surface area (Å²) in [7, 11) is 0. The van der Waals surface area contributed by atoms with Crippen molar-refractivity contribution in [2.24, 2.45) is 0 Å². The van der Waals surface area contributed by atoms with Crippen molar-refractivity contribution in [1.29, 1.82) is 0 Å². The van der Waals surface area contributed by atoms with Gasteiger partial charge in [-0.1, -0.05) is 11.3 Å². The van der Waals surface area contributed by atoms with E-state index in [9.17, 15) is 9.18 Å². The third-order valence-corrected chi connectivity index (χ3v) is 4.83. The third kappa shape index (κ3) is 3.38. The molecule has 1 aliphatic rings. The van der Waals surface area contributed by atoms with E-state index in [1.54, 1.807) is 16.9 Å². The van der Waals surface area contributed by atoms with Gasteiger partial charge in [-0.15, -0.1) is 0 Å². The smallest absolute Gasteiger partial charge is 0.298 e. The highest BCUT2D eigenvalue weighted by atomic mass is 32.1. The van der Waals surface area contributed by atoms with Gasteiger partial charge in [0.2, 0.25) is 5.76 Å². The molecule has 3 heterocycles. The predicted molar refractivity (Wildman–Crippen MR) is 94.1 cm³/mol. The molecule has 0 atom stereocenters. The molecule has 7 nitrogen and oxygen atoms in total. The molecule has 0 N–H and O–H groups in total. The number of benzene rings is 1. The molecule has 0 fully saturated rings. The number of fused-ring (bicyclic) bond motifs is 1. The van der Waals surface area contributed by atoms with Crippen LogP contribution in [0.2, 0.25) is 0 Å².